The van der Waals surface area contributed by atoms with E-state index in [-0.39, 0.29) is 5.97 Å². The van der Waals surface area contributed by atoms with Crippen LogP contribution in [0, 0.1) is 0 Å². The summed E-state index contributed by atoms with van der Waals surface area (Å²) in [5, 5.41) is 2.05. The van der Waals surface area contributed by atoms with E-state index in [2.05, 4.69) is 44.0 Å². The van der Waals surface area contributed by atoms with Gasteiger partial charge in [-0.25, -0.2) is 4.79 Å². The normalized spacial score (nSPS) is 13.3. The van der Waals surface area contributed by atoms with Gasteiger partial charge in [-0.2, -0.15) is 0 Å². The second-order valence-electron chi connectivity index (χ2n) is 4.51. The standard InChI is InChI=1S/C17H18Br2O2S/c1-4-21-16(20)10-13(3)7-5-6-12(2)8-9-15-17(19)14(18)11-22-15/h5-11H,4H2,1-3H3/b7-5+,9-8?,12-6+,13-10+. The maximum absolute atomic E-state index is 11.3. The van der Waals surface area contributed by atoms with Crippen LogP contribution >= 0.6 is 43.2 Å². The lowest BCUT2D eigenvalue weighted by Crippen LogP contribution is -1.99. The van der Waals surface area contributed by atoms with Crippen molar-refractivity contribution >= 4 is 55.2 Å². The fourth-order valence-electron chi connectivity index (χ4n) is 1.48. The Labute approximate surface area is 152 Å². The van der Waals surface area contributed by atoms with Gasteiger partial charge in [0.2, 0.25) is 0 Å². The summed E-state index contributed by atoms with van der Waals surface area (Å²) in [5.74, 6) is -0.307. The van der Waals surface area contributed by atoms with Gasteiger partial charge in [0.15, 0.2) is 0 Å². The predicted octanol–water partition coefficient (Wildman–Crippen LogP) is 6.30. The van der Waals surface area contributed by atoms with Gasteiger partial charge in [-0.05, 0) is 64.3 Å². The predicted molar refractivity (Wildman–Crippen MR) is 102 cm³/mol. The number of halogens is 2. The molecule has 0 fully saturated rings. The molecule has 0 unspecified atom stereocenters. The third-order valence-corrected chi connectivity index (χ3v) is 6.09. The molecule has 22 heavy (non-hydrogen) atoms. The van der Waals surface area contributed by atoms with Crippen LogP contribution in [-0.4, -0.2) is 12.6 Å². The number of allylic oxidation sites excluding steroid dienone is 6. The van der Waals surface area contributed by atoms with E-state index in [1.807, 2.05) is 37.5 Å². The van der Waals surface area contributed by atoms with Crippen LogP contribution in [0.15, 0.2) is 55.9 Å². The summed E-state index contributed by atoms with van der Waals surface area (Å²) in [6.07, 6.45) is 11.4. The summed E-state index contributed by atoms with van der Waals surface area (Å²) in [5.41, 5.74) is 1.98. The van der Waals surface area contributed by atoms with E-state index >= 15 is 0 Å². The lowest BCUT2D eigenvalue weighted by molar-refractivity contribution is -0.137. The highest BCUT2D eigenvalue weighted by atomic mass is 79.9. The summed E-state index contributed by atoms with van der Waals surface area (Å²) >= 11 is 8.68. The Morgan fingerprint density at radius 1 is 1.27 bits per heavy atom. The molecule has 0 saturated heterocycles. The van der Waals surface area contributed by atoms with Crippen LogP contribution in [0.1, 0.15) is 25.6 Å². The average Bonchev–Trinajstić information content (AvgIpc) is 2.76. The van der Waals surface area contributed by atoms with E-state index in [9.17, 15) is 4.79 Å². The smallest absolute Gasteiger partial charge is 0.330 e. The lowest BCUT2D eigenvalue weighted by Gasteiger charge is -1.96. The molecule has 5 heteroatoms. The lowest BCUT2D eigenvalue weighted by atomic mass is 10.2. The van der Waals surface area contributed by atoms with Crippen molar-refractivity contribution in [1.29, 1.82) is 0 Å². The molecular weight excluding hydrogens is 428 g/mol. The molecule has 2 nitrogen and oxygen atoms in total. The first-order valence-electron chi connectivity index (χ1n) is 6.74. The molecule has 0 saturated carbocycles. The molecule has 0 bridgehead atoms. The van der Waals surface area contributed by atoms with Crippen LogP contribution in [0.3, 0.4) is 0 Å². The first-order chi connectivity index (χ1) is 10.4. The zero-order valence-corrected chi connectivity index (χ0v) is 16.7. The number of ether oxygens (including phenoxy) is 1. The van der Waals surface area contributed by atoms with Gasteiger partial charge in [-0.1, -0.05) is 29.9 Å². The zero-order valence-electron chi connectivity index (χ0n) is 12.7. The summed E-state index contributed by atoms with van der Waals surface area (Å²) in [6.45, 7) is 6.08. The van der Waals surface area contributed by atoms with E-state index in [0.29, 0.717) is 6.61 Å². The second-order valence-corrected chi connectivity index (χ2v) is 7.06. The molecule has 1 aromatic rings. The van der Waals surface area contributed by atoms with Crippen LogP contribution in [0.5, 0.6) is 0 Å². The van der Waals surface area contributed by atoms with Crippen LogP contribution in [0.2, 0.25) is 0 Å². The van der Waals surface area contributed by atoms with Gasteiger partial charge in [-0.3, -0.25) is 0 Å². The monoisotopic (exact) mass is 444 g/mol. The van der Waals surface area contributed by atoms with Crippen molar-refractivity contribution in [2.75, 3.05) is 6.61 Å². The molecule has 1 heterocycles. The average molecular weight is 446 g/mol. The molecule has 0 aliphatic carbocycles. The Morgan fingerprint density at radius 2 is 2.00 bits per heavy atom. The molecule has 0 atom stereocenters. The van der Waals surface area contributed by atoms with E-state index in [4.69, 9.17) is 4.74 Å². The minimum atomic E-state index is -0.307. The van der Waals surface area contributed by atoms with E-state index in [1.165, 1.54) is 11.0 Å². The fraction of sp³-hybridized carbons (Fsp3) is 0.235. The summed E-state index contributed by atoms with van der Waals surface area (Å²) < 4.78 is 7.00. The van der Waals surface area contributed by atoms with Crippen molar-refractivity contribution in [3.8, 4) is 0 Å². The largest absolute Gasteiger partial charge is 0.463 e. The molecule has 118 valence electrons. The molecule has 1 rings (SSSR count). The second kappa shape index (κ2) is 9.98. The Morgan fingerprint density at radius 3 is 2.59 bits per heavy atom. The molecule has 0 aromatic carbocycles. The number of carbonyl (C=O) groups is 1. The molecule has 0 spiro atoms. The molecule has 0 radical (unpaired) electrons. The molecule has 0 amide bonds. The summed E-state index contributed by atoms with van der Waals surface area (Å²) in [6, 6.07) is 0. The van der Waals surface area contributed by atoms with Crippen molar-refractivity contribution in [2.24, 2.45) is 0 Å². The van der Waals surface area contributed by atoms with Crippen molar-refractivity contribution < 1.29 is 9.53 Å². The number of hydrogen-bond donors (Lipinski definition) is 0. The van der Waals surface area contributed by atoms with Crippen molar-refractivity contribution in [3.63, 3.8) is 0 Å². The number of esters is 1. The minimum absolute atomic E-state index is 0.307. The molecule has 0 aliphatic heterocycles. The molecule has 0 aliphatic rings. The van der Waals surface area contributed by atoms with Gasteiger partial charge in [0.1, 0.15) is 0 Å². The van der Waals surface area contributed by atoms with Crippen LogP contribution in [-0.2, 0) is 9.53 Å². The Balaban J connectivity index is 2.64. The minimum Gasteiger partial charge on any atom is -0.463 e. The van der Waals surface area contributed by atoms with Gasteiger partial charge in [0, 0.05) is 25.3 Å². The summed E-state index contributed by atoms with van der Waals surface area (Å²) in [4.78, 5) is 12.4. The number of carbonyl (C=O) groups excluding carboxylic acids is 1. The van der Waals surface area contributed by atoms with Crippen LogP contribution < -0.4 is 0 Å². The molecule has 0 N–H and O–H groups in total. The Kier molecular flexibility index (Phi) is 8.68. The Bertz CT molecular complexity index is 637. The van der Waals surface area contributed by atoms with E-state index in [1.54, 1.807) is 18.3 Å². The van der Waals surface area contributed by atoms with Gasteiger partial charge >= 0.3 is 5.97 Å². The maximum atomic E-state index is 11.3. The topological polar surface area (TPSA) is 26.3 Å². The van der Waals surface area contributed by atoms with Crippen molar-refractivity contribution in [2.45, 2.75) is 20.8 Å². The fourth-order valence-corrected chi connectivity index (χ4v) is 3.49. The van der Waals surface area contributed by atoms with Crippen molar-refractivity contribution in [3.05, 3.63) is 60.7 Å². The summed E-state index contributed by atoms with van der Waals surface area (Å²) in [7, 11) is 0. The first-order valence-corrected chi connectivity index (χ1v) is 9.21. The molecular formula is C17H18Br2O2S. The molecule has 1 aromatic heterocycles. The van der Waals surface area contributed by atoms with Gasteiger partial charge in [0.05, 0.1) is 6.61 Å². The van der Waals surface area contributed by atoms with Gasteiger partial charge in [0.25, 0.3) is 0 Å². The zero-order chi connectivity index (χ0) is 16.5. The van der Waals surface area contributed by atoms with Gasteiger partial charge in [-0.15, -0.1) is 11.3 Å². The third kappa shape index (κ3) is 6.90. The first kappa shape index (κ1) is 19.1. The van der Waals surface area contributed by atoms with Crippen LogP contribution in [0.4, 0.5) is 0 Å². The maximum Gasteiger partial charge on any atom is 0.330 e. The SMILES string of the molecule is CCOC(=O)/C=C(C)/C=C/C=C(\C)C=Cc1scc(Br)c1Br. The van der Waals surface area contributed by atoms with Crippen LogP contribution in [0.25, 0.3) is 6.08 Å². The van der Waals surface area contributed by atoms with Gasteiger partial charge < -0.3 is 4.74 Å². The van der Waals surface area contributed by atoms with Crippen molar-refractivity contribution in [1.82, 2.24) is 0 Å². The third-order valence-electron chi connectivity index (χ3n) is 2.56. The quantitative estimate of drug-likeness (QED) is 0.291. The Hall–Kier alpha value is -0.910. The number of thiophene rings is 1. The number of hydrogen-bond acceptors (Lipinski definition) is 3. The highest BCUT2D eigenvalue weighted by Gasteiger charge is 2.02. The number of rotatable bonds is 6. The highest BCUT2D eigenvalue weighted by Crippen LogP contribution is 2.33. The van der Waals surface area contributed by atoms with E-state index < -0.39 is 0 Å². The highest BCUT2D eigenvalue weighted by molar-refractivity contribution is 9.13. The van der Waals surface area contributed by atoms with E-state index in [0.717, 1.165) is 20.1 Å².